The maximum Gasteiger partial charge on any atom is 0.423 e. The molecule has 0 saturated carbocycles. The topological polar surface area (TPSA) is 52.6 Å². The van der Waals surface area contributed by atoms with E-state index in [1.54, 1.807) is 0 Å². The van der Waals surface area contributed by atoms with Crippen molar-refractivity contribution in [2.24, 2.45) is 0 Å². The average Bonchev–Trinajstić information content (AvgIpc) is 2.64. The van der Waals surface area contributed by atoms with Crippen molar-refractivity contribution in [3.8, 4) is 11.5 Å². The molecule has 0 aromatic heterocycles. The average molecular weight is 467 g/mol. The first-order valence-corrected chi connectivity index (χ1v) is 12.0. The maximum absolute atomic E-state index is 13.1. The molecule has 0 saturated heterocycles. The predicted octanol–water partition coefficient (Wildman–Crippen LogP) is 7.39. The van der Waals surface area contributed by atoms with Crippen molar-refractivity contribution in [3.05, 3.63) is 58.7 Å². The summed E-state index contributed by atoms with van der Waals surface area (Å²) in [4.78, 5) is 26.2. The largest absolute Gasteiger partial charge is 0.423 e. The first-order valence-electron chi connectivity index (χ1n) is 12.0. The SMILES string of the molecule is CC(C)(C)c1cccc(C(C)(C)C)c1OC(=O)C(=O)Oc1c(C(C)(C)C)cccc1C(C)(C)C. The van der Waals surface area contributed by atoms with Crippen LogP contribution in [0.25, 0.3) is 0 Å². The lowest BCUT2D eigenvalue weighted by molar-refractivity contribution is -0.156. The van der Waals surface area contributed by atoms with Gasteiger partial charge < -0.3 is 9.47 Å². The highest BCUT2D eigenvalue weighted by Gasteiger charge is 2.33. The number of para-hydroxylation sites is 2. The van der Waals surface area contributed by atoms with E-state index < -0.39 is 11.9 Å². The fourth-order valence-electron chi connectivity index (χ4n) is 3.93. The van der Waals surface area contributed by atoms with Gasteiger partial charge in [-0.3, -0.25) is 0 Å². The molecule has 0 N–H and O–H groups in total. The summed E-state index contributed by atoms with van der Waals surface area (Å²) >= 11 is 0. The van der Waals surface area contributed by atoms with Gasteiger partial charge in [0.15, 0.2) is 0 Å². The van der Waals surface area contributed by atoms with E-state index in [-0.39, 0.29) is 21.7 Å². The number of hydrogen-bond donors (Lipinski definition) is 0. The minimum Gasteiger partial charge on any atom is -0.417 e. The smallest absolute Gasteiger partial charge is 0.417 e. The van der Waals surface area contributed by atoms with Gasteiger partial charge in [-0.05, 0) is 21.7 Å². The molecule has 2 aromatic carbocycles. The van der Waals surface area contributed by atoms with Gasteiger partial charge in [-0.2, -0.15) is 0 Å². The Kier molecular flexibility index (Phi) is 7.48. The Morgan fingerprint density at radius 3 is 0.853 bits per heavy atom. The van der Waals surface area contributed by atoms with Gasteiger partial charge in [0.05, 0.1) is 0 Å². The van der Waals surface area contributed by atoms with Gasteiger partial charge in [0.2, 0.25) is 0 Å². The molecule has 34 heavy (non-hydrogen) atoms. The lowest BCUT2D eigenvalue weighted by atomic mass is 9.79. The standard InChI is InChI=1S/C30H42O4/c1-27(2,3)19-15-13-16-20(28(4,5)6)23(19)33-25(31)26(32)34-24-21(29(7,8)9)17-14-18-22(24)30(10,11)12/h13-18H,1-12H3. The van der Waals surface area contributed by atoms with Crippen LogP contribution in [0, 0.1) is 0 Å². The molecule has 0 amide bonds. The predicted molar refractivity (Wildman–Crippen MR) is 139 cm³/mol. The van der Waals surface area contributed by atoms with Crippen molar-refractivity contribution in [3.63, 3.8) is 0 Å². The molecule has 0 atom stereocenters. The number of benzene rings is 2. The highest BCUT2D eigenvalue weighted by Crippen LogP contribution is 2.41. The molecule has 4 nitrogen and oxygen atoms in total. The number of rotatable bonds is 2. The fourth-order valence-corrected chi connectivity index (χ4v) is 3.93. The van der Waals surface area contributed by atoms with Crippen LogP contribution < -0.4 is 9.47 Å². The molecule has 2 rings (SSSR count). The first kappa shape index (κ1) is 27.6. The van der Waals surface area contributed by atoms with Gasteiger partial charge in [-0.15, -0.1) is 0 Å². The summed E-state index contributed by atoms with van der Waals surface area (Å²) in [5.74, 6) is -1.18. The zero-order chi connectivity index (χ0) is 26.3. The zero-order valence-electron chi connectivity index (χ0n) is 23.1. The van der Waals surface area contributed by atoms with E-state index in [1.165, 1.54) is 0 Å². The summed E-state index contributed by atoms with van der Waals surface area (Å²) in [7, 11) is 0. The van der Waals surface area contributed by atoms with Gasteiger partial charge in [-0.1, -0.05) is 119 Å². The van der Waals surface area contributed by atoms with Gasteiger partial charge in [0.1, 0.15) is 11.5 Å². The molecule has 0 spiro atoms. The summed E-state index contributed by atoms with van der Waals surface area (Å²) in [6.07, 6.45) is 0. The van der Waals surface area contributed by atoms with Crippen LogP contribution >= 0.6 is 0 Å². The number of carbonyl (C=O) groups is 2. The van der Waals surface area contributed by atoms with Crippen LogP contribution in [-0.4, -0.2) is 11.9 Å². The van der Waals surface area contributed by atoms with E-state index in [0.717, 1.165) is 22.3 Å². The second kappa shape index (κ2) is 9.20. The summed E-state index contributed by atoms with van der Waals surface area (Å²) in [6.45, 7) is 24.7. The Labute approximate surface area is 206 Å². The van der Waals surface area contributed by atoms with Gasteiger partial charge >= 0.3 is 11.9 Å². The molecule has 186 valence electrons. The summed E-state index contributed by atoms with van der Waals surface area (Å²) in [6, 6.07) is 11.7. The molecule has 0 aliphatic carbocycles. The Morgan fingerprint density at radius 1 is 0.471 bits per heavy atom. The number of ether oxygens (including phenoxy) is 2. The second-order valence-electron chi connectivity index (χ2n) is 13.1. The van der Waals surface area contributed by atoms with E-state index in [4.69, 9.17) is 9.47 Å². The van der Waals surface area contributed by atoms with Crippen LogP contribution in [0.15, 0.2) is 36.4 Å². The highest BCUT2D eigenvalue weighted by molar-refractivity contribution is 6.31. The lowest BCUT2D eigenvalue weighted by Gasteiger charge is -2.29. The number of esters is 2. The third kappa shape index (κ3) is 6.28. The lowest BCUT2D eigenvalue weighted by Crippen LogP contribution is -2.30. The van der Waals surface area contributed by atoms with E-state index in [2.05, 4.69) is 83.1 Å². The molecule has 0 heterocycles. The number of hydrogen-bond acceptors (Lipinski definition) is 4. The minimum absolute atomic E-state index is 0.279. The van der Waals surface area contributed by atoms with Crippen LogP contribution in [0.1, 0.15) is 105 Å². The van der Waals surface area contributed by atoms with Gasteiger partial charge in [0, 0.05) is 22.3 Å². The highest BCUT2D eigenvalue weighted by atomic mass is 16.6. The fraction of sp³-hybridized carbons (Fsp3) is 0.533. The normalized spacial score (nSPS) is 12.9. The van der Waals surface area contributed by atoms with Crippen LogP contribution in [0.2, 0.25) is 0 Å². The van der Waals surface area contributed by atoms with Gasteiger partial charge in [0.25, 0.3) is 0 Å². The third-order valence-electron chi connectivity index (χ3n) is 5.82. The molecule has 0 bridgehead atoms. The van der Waals surface area contributed by atoms with Crippen molar-refractivity contribution in [1.82, 2.24) is 0 Å². The summed E-state index contributed by atoms with van der Waals surface area (Å²) in [5.41, 5.74) is 2.35. The first-order chi connectivity index (χ1) is 15.2. The van der Waals surface area contributed by atoms with Crippen LogP contribution in [-0.2, 0) is 31.2 Å². The Hall–Kier alpha value is -2.62. The Morgan fingerprint density at radius 2 is 0.676 bits per heavy atom. The summed E-state index contributed by atoms with van der Waals surface area (Å²) in [5, 5.41) is 0. The van der Waals surface area contributed by atoms with E-state index >= 15 is 0 Å². The van der Waals surface area contributed by atoms with Crippen molar-refractivity contribution in [1.29, 1.82) is 0 Å². The van der Waals surface area contributed by atoms with E-state index in [1.807, 2.05) is 36.4 Å². The molecule has 0 fully saturated rings. The zero-order valence-corrected chi connectivity index (χ0v) is 23.1. The summed E-state index contributed by atoms with van der Waals surface area (Å²) < 4.78 is 11.6. The molecular formula is C30H42O4. The van der Waals surface area contributed by atoms with Crippen LogP contribution in [0.5, 0.6) is 11.5 Å². The van der Waals surface area contributed by atoms with Crippen molar-refractivity contribution in [2.45, 2.75) is 105 Å². The Balaban J connectivity index is 2.53. The second-order valence-corrected chi connectivity index (χ2v) is 13.1. The molecule has 4 heteroatoms. The maximum atomic E-state index is 13.1. The van der Waals surface area contributed by atoms with Crippen molar-refractivity contribution < 1.29 is 19.1 Å². The third-order valence-corrected chi connectivity index (χ3v) is 5.82. The molecule has 0 aliphatic rings. The molecule has 0 aliphatic heterocycles. The van der Waals surface area contributed by atoms with Crippen LogP contribution in [0.3, 0.4) is 0 Å². The number of carbonyl (C=O) groups excluding carboxylic acids is 2. The molecule has 0 unspecified atom stereocenters. The van der Waals surface area contributed by atoms with E-state index in [9.17, 15) is 9.59 Å². The molecule has 0 radical (unpaired) electrons. The quantitative estimate of drug-likeness (QED) is 0.263. The molecular weight excluding hydrogens is 424 g/mol. The molecule has 2 aromatic rings. The van der Waals surface area contributed by atoms with Gasteiger partial charge in [-0.25, -0.2) is 9.59 Å². The van der Waals surface area contributed by atoms with Crippen molar-refractivity contribution in [2.75, 3.05) is 0 Å². The van der Waals surface area contributed by atoms with Crippen LogP contribution in [0.4, 0.5) is 0 Å². The van der Waals surface area contributed by atoms with E-state index in [0.29, 0.717) is 11.5 Å². The monoisotopic (exact) mass is 466 g/mol. The minimum atomic E-state index is -1.02. The Bertz CT molecular complexity index is 913. The van der Waals surface area contributed by atoms with Crippen molar-refractivity contribution >= 4 is 11.9 Å².